The molecule has 1 aliphatic carbocycles. The van der Waals surface area contributed by atoms with E-state index in [9.17, 15) is 13.2 Å². The molecule has 2 aromatic heterocycles. The number of sulfonamides is 1. The van der Waals surface area contributed by atoms with Crippen molar-refractivity contribution in [1.82, 2.24) is 10.2 Å². The molecule has 0 spiro atoms. The highest BCUT2D eigenvalue weighted by Gasteiger charge is 2.26. The Kier molecular flexibility index (Phi) is 4.56. The van der Waals surface area contributed by atoms with E-state index in [1.807, 2.05) is 0 Å². The van der Waals surface area contributed by atoms with E-state index in [4.69, 9.17) is 4.42 Å². The number of hydrogen-bond donors (Lipinski definition) is 1. The number of nitrogens with one attached hydrogen (secondary N) is 1. The zero-order chi connectivity index (χ0) is 19.0. The lowest BCUT2D eigenvalue weighted by molar-refractivity contribution is 0.101. The maximum atomic E-state index is 12.6. The Hall–Kier alpha value is -2.52. The van der Waals surface area contributed by atoms with Crippen molar-refractivity contribution < 1.29 is 17.6 Å². The number of carbonyl (C=O) groups is 1. The van der Waals surface area contributed by atoms with Crippen LogP contribution >= 0.6 is 11.3 Å². The smallest absolute Gasteiger partial charge is 0.271 e. The predicted molar refractivity (Wildman–Crippen MR) is 101 cm³/mol. The van der Waals surface area contributed by atoms with E-state index in [1.54, 1.807) is 24.3 Å². The number of anilines is 1. The molecule has 140 valence electrons. The third-order valence-electron chi connectivity index (χ3n) is 4.47. The predicted octanol–water partition coefficient (Wildman–Crippen LogP) is 4.07. The monoisotopic (exact) mass is 403 g/mol. The fraction of sp³-hybridized carbons (Fsp3) is 0.278. The molecule has 0 amide bonds. The van der Waals surface area contributed by atoms with Crippen LogP contribution in [0.3, 0.4) is 0 Å². The number of thiophene rings is 1. The normalized spacial score (nSPS) is 14.7. The summed E-state index contributed by atoms with van der Waals surface area (Å²) in [7, 11) is -3.78. The molecule has 0 unspecified atom stereocenters. The standard InChI is InChI=1S/C18H17N3O4S2/c1-11(22)13-6-3-7-14(10-13)21-27(23,24)16-9-8-15(26-16)18-20-19-17(25-18)12-4-2-5-12/h3,6-10,12,21H,2,4-5H2,1H3. The molecule has 1 N–H and O–H groups in total. The van der Waals surface area contributed by atoms with Gasteiger partial charge in [-0.1, -0.05) is 18.6 Å². The van der Waals surface area contributed by atoms with Gasteiger partial charge < -0.3 is 4.42 Å². The minimum absolute atomic E-state index is 0.131. The summed E-state index contributed by atoms with van der Waals surface area (Å²) in [4.78, 5) is 12.1. The molecule has 0 aliphatic heterocycles. The van der Waals surface area contributed by atoms with Gasteiger partial charge in [-0.3, -0.25) is 9.52 Å². The zero-order valence-corrected chi connectivity index (χ0v) is 16.1. The lowest BCUT2D eigenvalue weighted by Crippen LogP contribution is -2.11. The molecule has 1 fully saturated rings. The van der Waals surface area contributed by atoms with Gasteiger partial charge in [0.15, 0.2) is 5.78 Å². The van der Waals surface area contributed by atoms with Crippen molar-refractivity contribution in [3.63, 3.8) is 0 Å². The van der Waals surface area contributed by atoms with Crippen molar-refractivity contribution >= 4 is 32.8 Å². The second kappa shape index (κ2) is 6.90. The molecule has 0 radical (unpaired) electrons. The summed E-state index contributed by atoms with van der Waals surface area (Å²) in [6.45, 7) is 1.43. The number of carbonyl (C=O) groups excluding carboxylic acids is 1. The van der Waals surface area contributed by atoms with Crippen molar-refractivity contribution in [2.75, 3.05) is 4.72 Å². The molecule has 1 aromatic carbocycles. The molecule has 3 aromatic rings. The van der Waals surface area contributed by atoms with Crippen LogP contribution in [0, 0.1) is 0 Å². The second-order valence-electron chi connectivity index (χ2n) is 6.43. The molecule has 4 rings (SSSR count). The van der Waals surface area contributed by atoms with Crippen LogP contribution in [0.1, 0.15) is 48.4 Å². The molecule has 27 heavy (non-hydrogen) atoms. The highest BCUT2D eigenvalue weighted by molar-refractivity contribution is 7.94. The summed E-state index contributed by atoms with van der Waals surface area (Å²) in [6, 6.07) is 9.54. The van der Waals surface area contributed by atoms with Gasteiger partial charge in [0.2, 0.25) is 5.89 Å². The van der Waals surface area contributed by atoms with Crippen LogP contribution in [-0.2, 0) is 10.0 Å². The SMILES string of the molecule is CC(=O)c1cccc(NS(=O)(=O)c2ccc(-c3nnc(C4CCC4)o3)s2)c1. The van der Waals surface area contributed by atoms with E-state index < -0.39 is 10.0 Å². The molecule has 0 saturated heterocycles. The van der Waals surface area contributed by atoms with Crippen LogP contribution in [0.5, 0.6) is 0 Å². The van der Waals surface area contributed by atoms with Gasteiger partial charge in [0.1, 0.15) is 4.21 Å². The Bertz CT molecular complexity index is 1100. The Morgan fingerprint density at radius 3 is 2.74 bits per heavy atom. The number of ketones is 1. The number of rotatable bonds is 6. The van der Waals surface area contributed by atoms with E-state index in [-0.39, 0.29) is 9.99 Å². The number of hydrogen-bond acceptors (Lipinski definition) is 7. The van der Waals surface area contributed by atoms with Gasteiger partial charge in [0.05, 0.1) is 4.88 Å². The third kappa shape index (κ3) is 3.65. The maximum absolute atomic E-state index is 12.6. The summed E-state index contributed by atoms with van der Waals surface area (Å²) < 4.78 is 33.6. The first kappa shape index (κ1) is 17.9. The van der Waals surface area contributed by atoms with Crippen LogP contribution in [-0.4, -0.2) is 24.4 Å². The molecule has 0 atom stereocenters. The van der Waals surface area contributed by atoms with Crippen LogP contribution in [0.4, 0.5) is 5.69 Å². The molecule has 7 nitrogen and oxygen atoms in total. The fourth-order valence-corrected chi connectivity index (χ4v) is 5.02. The van der Waals surface area contributed by atoms with Gasteiger partial charge in [0.25, 0.3) is 15.9 Å². The van der Waals surface area contributed by atoms with Crippen LogP contribution < -0.4 is 4.72 Å². The molecule has 2 heterocycles. The van der Waals surface area contributed by atoms with Gasteiger partial charge in [-0.05, 0) is 44.0 Å². The van der Waals surface area contributed by atoms with Crippen LogP contribution in [0.15, 0.2) is 45.0 Å². The molecule has 0 bridgehead atoms. The Morgan fingerprint density at radius 2 is 2.04 bits per heavy atom. The summed E-state index contributed by atoms with van der Waals surface area (Å²) >= 11 is 1.06. The minimum Gasteiger partial charge on any atom is -0.420 e. The first-order valence-electron chi connectivity index (χ1n) is 8.50. The summed E-state index contributed by atoms with van der Waals surface area (Å²) in [5.41, 5.74) is 0.777. The molecule has 1 saturated carbocycles. The van der Waals surface area contributed by atoms with Crippen molar-refractivity contribution in [2.45, 2.75) is 36.3 Å². The van der Waals surface area contributed by atoms with E-state index in [2.05, 4.69) is 14.9 Å². The van der Waals surface area contributed by atoms with Crippen LogP contribution in [0.2, 0.25) is 0 Å². The van der Waals surface area contributed by atoms with Gasteiger partial charge >= 0.3 is 0 Å². The van der Waals surface area contributed by atoms with Crippen molar-refractivity contribution in [1.29, 1.82) is 0 Å². The summed E-state index contributed by atoms with van der Waals surface area (Å²) in [5, 5.41) is 8.11. The highest BCUT2D eigenvalue weighted by atomic mass is 32.2. The van der Waals surface area contributed by atoms with E-state index >= 15 is 0 Å². The molecule has 1 aliphatic rings. The van der Waals surface area contributed by atoms with Gasteiger partial charge in [-0.2, -0.15) is 0 Å². The third-order valence-corrected chi connectivity index (χ3v) is 7.42. The van der Waals surface area contributed by atoms with Crippen molar-refractivity contribution in [3.05, 3.63) is 47.9 Å². The van der Waals surface area contributed by atoms with E-state index in [0.717, 1.165) is 24.2 Å². The Morgan fingerprint density at radius 1 is 1.22 bits per heavy atom. The maximum Gasteiger partial charge on any atom is 0.271 e. The lowest BCUT2D eigenvalue weighted by Gasteiger charge is -2.20. The van der Waals surface area contributed by atoms with Gasteiger partial charge in [0, 0.05) is 17.2 Å². The number of Topliss-reactive ketones (excluding diaryl/α,β-unsaturated/α-hetero) is 1. The quantitative estimate of drug-likeness (QED) is 0.623. The average molecular weight is 403 g/mol. The van der Waals surface area contributed by atoms with E-state index in [0.29, 0.717) is 33.8 Å². The second-order valence-corrected chi connectivity index (χ2v) is 9.43. The Balaban J connectivity index is 1.55. The summed E-state index contributed by atoms with van der Waals surface area (Å²) in [6.07, 6.45) is 3.27. The highest BCUT2D eigenvalue weighted by Crippen LogP contribution is 2.38. The fourth-order valence-electron chi connectivity index (χ4n) is 2.74. The molecular weight excluding hydrogens is 386 g/mol. The van der Waals surface area contributed by atoms with E-state index in [1.165, 1.54) is 25.5 Å². The average Bonchev–Trinajstić information content (AvgIpc) is 3.22. The summed E-state index contributed by atoms with van der Waals surface area (Å²) in [5.74, 6) is 1.15. The van der Waals surface area contributed by atoms with Gasteiger partial charge in [-0.25, -0.2) is 8.42 Å². The minimum atomic E-state index is -3.78. The first-order valence-corrected chi connectivity index (χ1v) is 10.8. The van der Waals surface area contributed by atoms with Crippen LogP contribution in [0.25, 0.3) is 10.8 Å². The van der Waals surface area contributed by atoms with Crippen molar-refractivity contribution in [2.24, 2.45) is 0 Å². The number of benzene rings is 1. The number of nitrogens with zero attached hydrogens (tertiary/aromatic N) is 2. The zero-order valence-electron chi connectivity index (χ0n) is 14.5. The topological polar surface area (TPSA) is 102 Å². The Labute approximate surface area is 160 Å². The largest absolute Gasteiger partial charge is 0.420 e. The lowest BCUT2D eigenvalue weighted by atomic mass is 9.85. The van der Waals surface area contributed by atoms with Crippen molar-refractivity contribution in [3.8, 4) is 10.8 Å². The first-order chi connectivity index (χ1) is 12.9. The molecule has 9 heteroatoms. The van der Waals surface area contributed by atoms with Gasteiger partial charge in [-0.15, -0.1) is 21.5 Å². The number of aromatic nitrogens is 2. The molecular formula is C18H17N3O4S2.